The van der Waals surface area contributed by atoms with Gasteiger partial charge in [-0.3, -0.25) is 0 Å². The monoisotopic (exact) mass is 386 g/mol. The van der Waals surface area contributed by atoms with E-state index < -0.39 is 6.10 Å². The number of aliphatic hydroxyl groups is 1. The van der Waals surface area contributed by atoms with Crippen molar-refractivity contribution in [2.45, 2.75) is 25.9 Å². The molecular formula is C16H16ClIO. The fourth-order valence-electron chi connectivity index (χ4n) is 2.08. The fraction of sp³-hybridized carbons (Fsp3) is 0.250. The van der Waals surface area contributed by atoms with Crippen LogP contribution in [-0.4, -0.2) is 5.11 Å². The highest BCUT2D eigenvalue weighted by molar-refractivity contribution is 14.1. The molecule has 2 aromatic rings. The zero-order valence-corrected chi connectivity index (χ0v) is 13.6. The highest BCUT2D eigenvalue weighted by Gasteiger charge is 2.12. The maximum Gasteiger partial charge on any atom is 0.104 e. The van der Waals surface area contributed by atoms with Gasteiger partial charge >= 0.3 is 0 Å². The van der Waals surface area contributed by atoms with E-state index in [2.05, 4.69) is 41.6 Å². The number of aliphatic hydroxyl groups excluding tert-OH is 1. The summed E-state index contributed by atoms with van der Waals surface area (Å²) >= 11 is 8.29. The minimum absolute atomic E-state index is 0.619. The van der Waals surface area contributed by atoms with Gasteiger partial charge in [0, 0.05) is 3.57 Å². The van der Waals surface area contributed by atoms with Crippen LogP contribution in [0.3, 0.4) is 0 Å². The predicted octanol–water partition coefficient (Wildman–Crippen LogP) is 4.98. The highest BCUT2D eigenvalue weighted by atomic mass is 127. The first-order valence-corrected chi connectivity index (χ1v) is 7.79. The van der Waals surface area contributed by atoms with E-state index in [4.69, 9.17) is 11.6 Å². The summed E-state index contributed by atoms with van der Waals surface area (Å²) in [6.07, 6.45) is 1.52. The summed E-state index contributed by atoms with van der Waals surface area (Å²) in [5.41, 5.74) is 3.01. The quantitative estimate of drug-likeness (QED) is 0.735. The third kappa shape index (κ3) is 3.71. The van der Waals surface area contributed by atoms with Gasteiger partial charge in [-0.2, -0.15) is 0 Å². The van der Waals surface area contributed by atoms with Gasteiger partial charge in [0.2, 0.25) is 0 Å². The number of aryl methyl sites for hydroxylation is 1. The molecule has 0 heterocycles. The first kappa shape index (κ1) is 14.8. The number of rotatable bonds is 4. The van der Waals surface area contributed by atoms with Crippen molar-refractivity contribution in [1.82, 2.24) is 0 Å². The van der Waals surface area contributed by atoms with Crippen molar-refractivity contribution in [3.05, 3.63) is 67.7 Å². The standard InChI is InChI=1S/C16H16ClIO/c1-2-4-11-5-3-6-12(9-11)16(19)13-7-8-15(18)14(17)10-13/h3,5-10,16,19H,2,4H2,1H3. The summed E-state index contributed by atoms with van der Waals surface area (Å²) in [6.45, 7) is 2.15. The molecule has 0 radical (unpaired) electrons. The topological polar surface area (TPSA) is 20.2 Å². The second-order valence-corrected chi connectivity index (χ2v) is 6.14. The zero-order chi connectivity index (χ0) is 13.8. The van der Waals surface area contributed by atoms with Gasteiger partial charge in [-0.1, -0.05) is 55.3 Å². The number of halogens is 2. The van der Waals surface area contributed by atoms with Crippen molar-refractivity contribution >= 4 is 34.2 Å². The number of benzene rings is 2. The van der Waals surface area contributed by atoms with Crippen molar-refractivity contribution in [1.29, 1.82) is 0 Å². The summed E-state index contributed by atoms with van der Waals surface area (Å²) in [5.74, 6) is 0. The Morgan fingerprint density at radius 2 is 1.89 bits per heavy atom. The van der Waals surface area contributed by atoms with Gasteiger partial charge in [0.1, 0.15) is 6.10 Å². The Bertz CT molecular complexity index is 568. The van der Waals surface area contributed by atoms with E-state index in [0.29, 0.717) is 5.02 Å². The first-order valence-electron chi connectivity index (χ1n) is 6.33. The van der Waals surface area contributed by atoms with Crippen molar-refractivity contribution in [3.8, 4) is 0 Å². The van der Waals surface area contributed by atoms with Crippen LogP contribution >= 0.6 is 34.2 Å². The Morgan fingerprint density at radius 3 is 2.58 bits per heavy atom. The summed E-state index contributed by atoms with van der Waals surface area (Å²) in [5, 5.41) is 11.1. The van der Waals surface area contributed by atoms with Crippen molar-refractivity contribution in [3.63, 3.8) is 0 Å². The summed E-state index contributed by atoms with van der Waals surface area (Å²) < 4.78 is 0.995. The molecule has 100 valence electrons. The number of hydrogen-bond donors (Lipinski definition) is 1. The van der Waals surface area contributed by atoms with Crippen LogP contribution in [0, 0.1) is 3.57 Å². The lowest BCUT2D eigenvalue weighted by atomic mass is 9.98. The molecule has 0 bridgehead atoms. The molecular weight excluding hydrogens is 371 g/mol. The summed E-state index contributed by atoms with van der Waals surface area (Å²) in [7, 11) is 0. The molecule has 0 aromatic heterocycles. The molecule has 2 aromatic carbocycles. The second kappa shape index (κ2) is 6.73. The van der Waals surface area contributed by atoms with Crippen molar-refractivity contribution < 1.29 is 5.11 Å². The minimum atomic E-state index is -0.619. The van der Waals surface area contributed by atoms with E-state index in [1.54, 1.807) is 0 Å². The normalized spacial score (nSPS) is 12.4. The Balaban J connectivity index is 2.29. The summed E-state index contributed by atoms with van der Waals surface area (Å²) in [4.78, 5) is 0. The predicted molar refractivity (Wildman–Crippen MR) is 88.7 cm³/mol. The molecule has 2 rings (SSSR count). The molecule has 0 aliphatic rings. The molecule has 1 unspecified atom stereocenters. The number of hydrogen-bond acceptors (Lipinski definition) is 1. The molecule has 19 heavy (non-hydrogen) atoms. The van der Waals surface area contributed by atoms with Crippen LogP contribution in [-0.2, 0) is 6.42 Å². The molecule has 1 nitrogen and oxygen atoms in total. The first-order chi connectivity index (χ1) is 9.11. The summed E-state index contributed by atoms with van der Waals surface area (Å²) in [6, 6.07) is 13.8. The van der Waals surface area contributed by atoms with Gasteiger partial charge in [0.15, 0.2) is 0 Å². The Kier molecular flexibility index (Phi) is 5.25. The third-order valence-electron chi connectivity index (χ3n) is 3.06. The van der Waals surface area contributed by atoms with Gasteiger partial charge in [-0.05, 0) is 57.8 Å². The van der Waals surface area contributed by atoms with Crippen LogP contribution < -0.4 is 0 Å². The molecule has 3 heteroatoms. The lowest BCUT2D eigenvalue weighted by Gasteiger charge is -2.13. The Hall–Kier alpha value is -0.580. The average Bonchev–Trinajstić information content (AvgIpc) is 2.42. The third-order valence-corrected chi connectivity index (χ3v) is 4.64. The minimum Gasteiger partial charge on any atom is -0.384 e. The van der Waals surface area contributed by atoms with Crippen molar-refractivity contribution in [2.24, 2.45) is 0 Å². The van der Waals surface area contributed by atoms with Crippen LogP contribution in [0.5, 0.6) is 0 Å². The van der Waals surface area contributed by atoms with Crippen LogP contribution in [0.25, 0.3) is 0 Å². The second-order valence-electron chi connectivity index (χ2n) is 4.57. The van der Waals surface area contributed by atoms with E-state index in [1.165, 1.54) is 5.56 Å². The van der Waals surface area contributed by atoms with Gasteiger partial charge < -0.3 is 5.11 Å². The molecule has 0 spiro atoms. The molecule has 0 saturated carbocycles. The molecule has 0 saturated heterocycles. The van der Waals surface area contributed by atoms with Crippen LogP contribution in [0.4, 0.5) is 0 Å². The Labute approximate surface area is 132 Å². The van der Waals surface area contributed by atoms with Crippen LogP contribution in [0.2, 0.25) is 5.02 Å². The molecule has 0 aliphatic carbocycles. The molecule has 0 fully saturated rings. The van der Waals surface area contributed by atoms with Gasteiger partial charge in [0.05, 0.1) is 5.02 Å². The van der Waals surface area contributed by atoms with Gasteiger partial charge in [-0.15, -0.1) is 0 Å². The zero-order valence-electron chi connectivity index (χ0n) is 10.7. The molecule has 1 N–H and O–H groups in total. The molecule has 0 aliphatic heterocycles. The highest BCUT2D eigenvalue weighted by Crippen LogP contribution is 2.27. The SMILES string of the molecule is CCCc1cccc(C(O)c2ccc(I)c(Cl)c2)c1. The lowest BCUT2D eigenvalue weighted by Crippen LogP contribution is -2.00. The van der Waals surface area contributed by atoms with Crippen molar-refractivity contribution in [2.75, 3.05) is 0 Å². The molecule has 0 amide bonds. The van der Waals surface area contributed by atoms with E-state index in [1.807, 2.05) is 30.3 Å². The lowest BCUT2D eigenvalue weighted by molar-refractivity contribution is 0.220. The van der Waals surface area contributed by atoms with Gasteiger partial charge in [0.25, 0.3) is 0 Å². The smallest absolute Gasteiger partial charge is 0.104 e. The Morgan fingerprint density at radius 1 is 1.16 bits per heavy atom. The largest absolute Gasteiger partial charge is 0.384 e. The van der Waals surface area contributed by atoms with E-state index in [0.717, 1.165) is 27.5 Å². The fourth-order valence-corrected chi connectivity index (χ4v) is 2.61. The van der Waals surface area contributed by atoms with E-state index in [-0.39, 0.29) is 0 Å². The molecule has 1 atom stereocenters. The van der Waals surface area contributed by atoms with Crippen LogP contribution in [0.15, 0.2) is 42.5 Å². The average molecular weight is 387 g/mol. The van der Waals surface area contributed by atoms with E-state index >= 15 is 0 Å². The maximum absolute atomic E-state index is 10.4. The maximum atomic E-state index is 10.4. The van der Waals surface area contributed by atoms with Gasteiger partial charge in [-0.25, -0.2) is 0 Å². The van der Waals surface area contributed by atoms with Crippen LogP contribution in [0.1, 0.15) is 36.1 Å². The van der Waals surface area contributed by atoms with E-state index in [9.17, 15) is 5.11 Å².